The minimum atomic E-state index is -4.52. The zero-order chi connectivity index (χ0) is 31.2. The van der Waals surface area contributed by atoms with Gasteiger partial charge < -0.3 is 24.6 Å². The van der Waals surface area contributed by atoms with Crippen molar-refractivity contribution in [3.8, 4) is 0 Å². The average molecular weight is 617 g/mol. The summed E-state index contributed by atoms with van der Waals surface area (Å²) in [6, 6.07) is 0. The zero-order valence-electron chi connectivity index (χ0n) is 25.9. The lowest BCUT2D eigenvalue weighted by Crippen LogP contribution is -2.29. The fourth-order valence-electron chi connectivity index (χ4n) is 3.66. The van der Waals surface area contributed by atoms with Crippen LogP contribution in [0.1, 0.15) is 104 Å². The lowest BCUT2D eigenvalue weighted by molar-refractivity contribution is -0.154. The second-order valence-corrected chi connectivity index (χ2v) is 11.6. The van der Waals surface area contributed by atoms with Crippen LogP contribution in [0.4, 0.5) is 0 Å². The summed E-state index contributed by atoms with van der Waals surface area (Å²) < 4.78 is 32.9. The molecule has 3 N–H and O–H groups in total. The molecule has 0 aliphatic rings. The molecule has 0 fully saturated rings. The highest BCUT2D eigenvalue weighted by atomic mass is 31.2. The van der Waals surface area contributed by atoms with Gasteiger partial charge in [0.2, 0.25) is 0 Å². The quantitative estimate of drug-likeness (QED) is 0.0348. The van der Waals surface area contributed by atoms with E-state index in [0.717, 1.165) is 44.9 Å². The molecule has 0 saturated heterocycles. The topological polar surface area (TPSA) is 132 Å². The van der Waals surface area contributed by atoms with Crippen LogP contribution >= 0.6 is 7.82 Å². The second-order valence-electron chi connectivity index (χ2n) is 10.1. The lowest BCUT2D eigenvalue weighted by Gasteiger charge is -2.20. The van der Waals surface area contributed by atoms with Gasteiger partial charge in [0.15, 0.2) is 0 Å². The fraction of sp³-hybridized carbons (Fsp3) is 0.719. The van der Waals surface area contributed by atoms with Gasteiger partial charge in [-0.05, 0) is 38.5 Å². The third-order valence-electron chi connectivity index (χ3n) is 6.04. The van der Waals surface area contributed by atoms with Gasteiger partial charge in [-0.3, -0.25) is 13.8 Å². The van der Waals surface area contributed by atoms with Crippen LogP contribution in [0.15, 0.2) is 48.6 Å². The largest absolute Gasteiger partial charge is 0.472 e. The molecule has 244 valence electrons. The summed E-state index contributed by atoms with van der Waals surface area (Å²) in [5.41, 5.74) is 0. The Bertz CT molecular complexity index is 795. The van der Waals surface area contributed by atoms with Crippen molar-refractivity contribution in [2.45, 2.75) is 116 Å². The van der Waals surface area contributed by atoms with Crippen LogP contribution in [0.2, 0.25) is 0 Å². The van der Waals surface area contributed by atoms with Crippen molar-refractivity contribution in [2.24, 2.45) is 0 Å². The van der Waals surface area contributed by atoms with Crippen LogP contribution in [-0.2, 0) is 27.9 Å². The van der Waals surface area contributed by atoms with E-state index < -0.39 is 45.8 Å². The summed E-state index contributed by atoms with van der Waals surface area (Å²) in [6.45, 7) is 3.23. The molecular weight excluding hydrogens is 559 g/mol. The smallest absolute Gasteiger partial charge is 0.457 e. The van der Waals surface area contributed by atoms with Crippen molar-refractivity contribution in [1.29, 1.82) is 0 Å². The van der Waals surface area contributed by atoms with E-state index in [2.05, 4.69) is 54.8 Å². The highest BCUT2D eigenvalue weighted by Gasteiger charge is 2.26. The maximum atomic E-state index is 12.4. The first kappa shape index (κ1) is 40.4. The van der Waals surface area contributed by atoms with E-state index in [4.69, 9.17) is 19.1 Å². The Morgan fingerprint density at radius 2 is 1.31 bits per heavy atom. The highest BCUT2D eigenvalue weighted by Crippen LogP contribution is 2.43. The van der Waals surface area contributed by atoms with E-state index >= 15 is 0 Å². The number of phosphoric acid groups is 1. The Hall–Kier alpha value is -1.58. The van der Waals surface area contributed by atoms with E-state index in [-0.39, 0.29) is 13.0 Å². The maximum absolute atomic E-state index is 12.4. The summed E-state index contributed by atoms with van der Waals surface area (Å²) >= 11 is 0. The minimum Gasteiger partial charge on any atom is -0.457 e. The Kier molecular flexibility index (Phi) is 28.4. The molecule has 0 aromatic rings. The molecule has 3 atom stereocenters. The highest BCUT2D eigenvalue weighted by molar-refractivity contribution is 7.47. The van der Waals surface area contributed by atoms with Gasteiger partial charge >= 0.3 is 13.8 Å². The SMILES string of the molecule is CC/C=C\C/C=C\C/C=C\C/C=C\CCC(=O)OC(COCCCCCCCCCC)COP(=O)(O)OCC(O)CO. The molecular formula is C32H57O9P. The Balaban J connectivity index is 4.46. The monoisotopic (exact) mass is 616 g/mol. The van der Waals surface area contributed by atoms with E-state index in [1.807, 2.05) is 12.2 Å². The molecule has 0 aliphatic carbocycles. The third kappa shape index (κ3) is 28.5. The predicted octanol–water partition coefficient (Wildman–Crippen LogP) is 7.13. The molecule has 0 saturated carbocycles. The number of ether oxygens (including phenoxy) is 2. The van der Waals surface area contributed by atoms with Gasteiger partial charge in [0, 0.05) is 13.0 Å². The molecule has 0 heterocycles. The van der Waals surface area contributed by atoms with Crippen molar-refractivity contribution < 1.29 is 43.0 Å². The minimum absolute atomic E-state index is 0.0193. The van der Waals surface area contributed by atoms with Crippen LogP contribution in [0.25, 0.3) is 0 Å². The van der Waals surface area contributed by atoms with Crippen LogP contribution in [0, 0.1) is 0 Å². The number of phosphoric ester groups is 1. The van der Waals surface area contributed by atoms with Gasteiger partial charge in [-0.1, -0.05) is 107 Å². The van der Waals surface area contributed by atoms with E-state index in [1.54, 1.807) is 0 Å². The number of hydrogen-bond donors (Lipinski definition) is 3. The van der Waals surface area contributed by atoms with Gasteiger partial charge in [0.05, 0.1) is 26.4 Å². The number of aliphatic hydroxyl groups is 2. The summed E-state index contributed by atoms with van der Waals surface area (Å²) in [4.78, 5) is 22.2. The molecule has 0 aromatic carbocycles. The summed E-state index contributed by atoms with van der Waals surface area (Å²) in [5, 5.41) is 18.2. The first-order valence-electron chi connectivity index (χ1n) is 15.6. The van der Waals surface area contributed by atoms with Gasteiger partial charge in [-0.2, -0.15) is 0 Å². The van der Waals surface area contributed by atoms with E-state index in [1.165, 1.54) is 32.1 Å². The molecule has 10 heteroatoms. The number of aliphatic hydroxyl groups excluding tert-OH is 2. The van der Waals surface area contributed by atoms with Crippen molar-refractivity contribution >= 4 is 13.8 Å². The number of allylic oxidation sites excluding steroid dienone is 8. The van der Waals surface area contributed by atoms with Gasteiger partial charge in [0.1, 0.15) is 12.2 Å². The molecule has 0 rings (SSSR count). The van der Waals surface area contributed by atoms with Crippen molar-refractivity contribution in [2.75, 3.05) is 33.0 Å². The number of carbonyl (C=O) groups is 1. The van der Waals surface area contributed by atoms with Crippen LogP contribution in [0.3, 0.4) is 0 Å². The molecule has 0 amide bonds. The van der Waals surface area contributed by atoms with Crippen LogP contribution in [0.5, 0.6) is 0 Å². The summed E-state index contributed by atoms with van der Waals surface area (Å²) in [6.07, 6.45) is 28.1. The zero-order valence-corrected chi connectivity index (χ0v) is 26.8. The predicted molar refractivity (Wildman–Crippen MR) is 168 cm³/mol. The van der Waals surface area contributed by atoms with E-state index in [0.29, 0.717) is 13.0 Å². The van der Waals surface area contributed by atoms with Crippen LogP contribution in [-0.4, -0.2) is 66.3 Å². The van der Waals surface area contributed by atoms with Crippen LogP contribution < -0.4 is 0 Å². The Labute approximate surface area is 254 Å². The molecule has 0 aliphatic heterocycles. The first-order chi connectivity index (χ1) is 20.3. The number of unbranched alkanes of at least 4 members (excludes halogenated alkanes) is 7. The van der Waals surface area contributed by atoms with Crippen molar-refractivity contribution in [3.63, 3.8) is 0 Å². The number of rotatable bonds is 29. The first-order valence-corrected chi connectivity index (χ1v) is 17.1. The third-order valence-corrected chi connectivity index (χ3v) is 6.99. The second kappa shape index (κ2) is 29.5. The number of hydrogen-bond acceptors (Lipinski definition) is 8. The molecule has 3 unspecified atom stereocenters. The van der Waals surface area contributed by atoms with Crippen molar-refractivity contribution in [3.05, 3.63) is 48.6 Å². The van der Waals surface area contributed by atoms with Gasteiger partial charge in [0.25, 0.3) is 0 Å². The summed E-state index contributed by atoms with van der Waals surface area (Å²) in [7, 11) is -4.52. The number of carbonyl (C=O) groups excluding carboxylic acids is 1. The molecule has 42 heavy (non-hydrogen) atoms. The average Bonchev–Trinajstić information content (AvgIpc) is 2.97. The molecule has 0 bridgehead atoms. The van der Waals surface area contributed by atoms with Gasteiger partial charge in [-0.15, -0.1) is 0 Å². The van der Waals surface area contributed by atoms with E-state index in [9.17, 15) is 19.4 Å². The Morgan fingerprint density at radius 1 is 0.762 bits per heavy atom. The van der Waals surface area contributed by atoms with Crippen molar-refractivity contribution in [1.82, 2.24) is 0 Å². The Morgan fingerprint density at radius 3 is 1.90 bits per heavy atom. The van der Waals surface area contributed by atoms with Gasteiger partial charge in [-0.25, -0.2) is 4.57 Å². The molecule has 0 aromatic heterocycles. The number of esters is 1. The lowest BCUT2D eigenvalue weighted by atomic mass is 10.1. The standard InChI is InChI=1S/C32H57O9P/c1-3-5-7-9-11-13-14-15-16-17-18-20-22-24-32(35)41-31(29-40-42(36,37)39-27-30(34)26-33)28-38-25-23-21-19-12-10-8-6-4-2/h5,7,11,13,15-16,18,20,30-31,33-34H,3-4,6,8-10,12,14,17,19,21-29H2,1-2H3,(H,36,37)/b7-5-,13-11-,16-15-,20-18-. The normalized spacial score (nSPS) is 15.3. The molecule has 9 nitrogen and oxygen atoms in total. The summed E-state index contributed by atoms with van der Waals surface area (Å²) in [5.74, 6) is -0.467. The fourth-order valence-corrected chi connectivity index (χ4v) is 4.45. The molecule has 0 spiro atoms. The molecule has 0 radical (unpaired) electrons. The maximum Gasteiger partial charge on any atom is 0.472 e.